The molecule has 1 N–H and O–H groups in total. The van der Waals surface area contributed by atoms with E-state index in [0.29, 0.717) is 17.7 Å². The van der Waals surface area contributed by atoms with Gasteiger partial charge in [0.15, 0.2) is 0 Å². The predicted molar refractivity (Wildman–Crippen MR) is 85.4 cm³/mol. The van der Waals surface area contributed by atoms with E-state index in [9.17, 15) is 9.90 Å². The smallest absolute Gasteiger partial charge is 0.219 e. The first-order valence-electron chi connectivity index (χ1n) is 8.18. The van der Waals surface area contributed by atoms with Crippen LogP contribution in [0.3, 0.4) is 0 Å². The Labute approximate surface area is 128 Å². The monoisotopic (exact) mass is 289 g/mol. The molecule has 0 aromatic heterocycles. The molecule has 1 saturated carbocycles. The van der Waals surface area contributed by atoms with Crippen molar-refractivity contribution in [1.29, 1.82) is 0 Å². The zero-order chi connectivity index (χ0) is 15.2. The number of hydrogen-bond donors (Lipinski definition) is 1. The number of aromatic hydroxyl groups is 1. The first-order chi connectivity index (χ1) is 10.1. The Morgan fingerprint density at radius 3 is 2.33 bits per heavy atom. The third-order valence-corrected chi connectivity index (χ3v) is 4.66. The number of amides is 1. The van der Waals surface area contributed by atoms with Crippen molar-refractivity contribution < 1.29 is 9.90 Å². The van der Waals surface area contributed by atoms with Crippen LogP contribution in [0.5, 0.6) is 5.75 Å². The molecule has 0 heterocycles. The zero-order valence-corrected chi connectivity index (χ0v) is 13.2. The van der Waals surface area contributed by atoms with Gasteiger partial charge in [0.1, 0.15) is 5.75 Å². The van der Waals surface area contributed by atoms with E-state index in [1.165, 1.54) is 5.56 Å². The summed E-state index contributed by atoms with van der Waals surface area (Å²) in [6, 6.07) is 8.01. The molecular formula is C18H27NO2. The Morgan fingerprint density at radius 2 is 1.81 bits per heavy atom. The van der Waals surface area contributed by atoms with E-state index >= 15 is 0 Å². The maximum atomic E-state index is 11.8. The number of phenols is 1. The molecular weight excluding hydrogens is 262 g/mol. The number of carbonyl (C=O) groups is 1. The van der Waals surface area contributed by atoms with Gasteiger partial charge in [0, 0.05) is 19.5 Å². The van der Waals surface area contributed by atoms with E-state index < -0.39 is 0 Å². The van der Waals surface area contributed by atoms with Gasteiger partial charge in [-0.1, -0.05) is 25.5 Å². The van der Waals surface area contributed by atoms with E-state index in [-0.39, 0.29) is 5.91 Å². The van der Waals surface area contributed by atoms with Gasteiger partial charge in [0.25, 0.3) is 0 Å². The lowest BCUT2D eigenvalue weighted by Crippen LogP contribution is -2.41. The fourth-order valence-electron chi connectivity index (χ4n) is 3.39. The normalized spacial score (nSPS) is 22.0. The number of nitrogens with zero attached hydrogens (tertiary/aromatic N) is 1. The number of phenolic OH excluding ortho intramolecular Hbond substituents is 1. The number of benzene rings is 1. The van der Waals surface area contributed by atoms with Gasteiger partial charge >= 0.3 is 0 Å². The lowest BCUT2D eigenvalue weighted by atomic mass is 9.81. The third-order valence-electron chi connectivity index (χ3n) is 4.66. The minimum atomic E-state index is 0.219. The molecule has 1 amide bonds. The average Bonchev–Trinajstić information content (AvgIpc) is 2.49. The summed E-state index contributed by atoms with van der Waals surface area (Å²) in [5, 5.41) is 9.37. The quantitative estimate of drug-likeness (QED) is 0.887. The zero-order valence-electron chi connectivity index (χ0n) is 13.2. The molecule has 0 unspecified atom stereocenters. The third kappa shape index (κ3) is 4.23. The topological polar surface area (TPSA) is 40.5 Å². The summed E-state index contributed by atoms with van der Waals surface area (Å²) in [5.74, 6) is 1.12. The maximum absolute atomic E-state index is 11.8. The number of rotatable bonds is 5. The Bertz CT molecular complexity index is 447. The van der Waals surface area contributed by atoms with Gasteiger partial charge in [-0.2, -0.15) is 0 Å². The second kappa shape index (κ2) is 7.48. The Hall–Kier alpha value is -1.51. The minimum absolute atomic E-state index is 0.219. The molecule has 1 aliphatic carbocycles. The summed E-state index contributed by atoms with van der Waals surface area (Å²) in [6.45, 7) is 4.77. The number of unbranched alkanes of at least 4 members (excludes halogenated alkanes) is 1. The molecule has 3 nitrogen and oxygen atoms in total. The summed E-state index contributed by atoms with van der Waals surface area (Å²) in [5.41, 5.74) is 1.31. The van der Waals surface area contributed by atoms with Crippen molar-refractivity contribution in [3.05, 3.63) is 29.8 Å². The fraction of sp³-hybridized carbons (Fsp3) is 0.611. The van der Waals surface area contributed by atoms with Crippen LogP contribution in [0.4, 0.5) is 0 Å². The van der Waals surface area contributed by atoms with Crippen molar-refractivity contribution in [2.24, 2.45) is 0 Å². The summed E-state index contributed by atoms with van der Waals surface area (Å²) in [6.07, 6.45) is 6.67. The van der Waals surface area contributed by atoms with Gasteiger partial charge in [-0.05, 0) is 55.7 Å². The van der Waals surface area contributed by atoms with Crippen LogP contribution in [0, 0.1) is 0 Å². The van der Waals surface area contributed by atoms with Crippen molar-refractivity contribution in [2.75, 3.05) is 6.54 Å². The first-order valence-corrected chi connectivity index (χ1v) is 8.18. The van der Waals surface area contributed by atoms with E-state index in [1.807, 2.05) is 12.1 Å². The van der Waals surface area contributed by atoms with E-state index in [0.717, 1.165) is 45.1 Å². The lowest BCUT2D eigenvalue weighted by molar-refractivity contribution is -0.131. The van der Waals surface area contributed by atoms with Crippen LogP contribution in [0.15, 0.2) is 24.3 Å². The fourth-order valence-corrected chi connectivity index (χ4v) is 3.39. The van der Waals surface area contributed by atoms with Crippen LogP contribution in [0.25, 0.3) is 0 Å². The van der Waals surface area contributed by atoms with E-state index in [1.54, 1.807) is 19.1 Å². The van der Waals surface area contributed by atoms with Crippen LogP contribution >= 0.6 is 0 Å². The van der Waals surface area contributed by atoms with Crippen LogP contribution in [0.1, 0.15) is 63.9 Å². The second-order valence-electron chi connectivity index (χ2n) is 6.16. The lowest BCUT2D eigenvalue weighted by Gasteiger charge is -2.36. The summed E-state index contributed by atoms with van der Waals surface area (Å²) < 4.78 is 0. The van der Waals surface area contributed by atoms with E-state index in [4.69, 9.17) is 0 Å². The molecule has 0 bridgehead atoms. The van der Waals surface area contributed by atoms with Crippen molar-refractivity contribution in [2.45, 2.75) is 64.3 Å². The van der Waals surface area contributed by atoms with Crippen molar-refractivity contribution in [1.82, 2.24) is 4.90 Å². The number of carbonyl (C=O) groups excluding carboxylic acids is 1. The Morgan fingerprint density at radius 1 is 1.19 bits per heavy atom. The minimum Gasteiger partial charge on any atom is -0.508 e. The first kappa shape index (κ1) is 15.9. The molecule has 116 valence electrons. The molecule has 0 aliphatic heterocycles. The van der Waals surface area contributed by atoms with Gasteiger partial charge in [0.05, 0.1) is 0 Å². The summed E-state index contributed by atoms with van der Waals surface area (Å²) >= 11 is 0. The van der Waals surface area contributed by atoms with Crippen molar-refractivity contribution >= 4 is 5.91 Å². The highest BCUT2D eigenvalue weighted by Crippen LogP contribution is 2.35. The highest BCUT2D eigenvalue weighted by molar-refractivity contribution is 5.73. The molecule has 0 radical (unpaired) electrons. The van der Waals surface area contributed by atoms with Crippen LogP contribution in [0.2, 0.25) is 0 Å². The van der Waals surface area contributed by atoms with E-state index in [2.05, 4.69) is 11.8 Å². The predicted octanol–water partition coefficient (Wildman–Crippen LogP) is 4.07. The highest BCUT2D eigenvalue weighted by Gasteiger charge is 2.27. The standard InChI is InChI=1S/C18H27NO2/c1-3-4-13-19(14(2)20)17-9-5-15(6-10-17)16-7-11-18(21)12-8-16/h7-8,11-12,15,17,21H,3-6,9-10,13H2,1-2H3. The molecule has 21 heavy (non-hydrogen) atoms. The molecule has 1 aromatic carbocycles. The van der Waals surface area contributed by atoms with Gasteiger partial charge in [-0.25, -0.2) is 0 Å². The molecule has 1 aliphatic rings. The van der Waals surface area contributed by atoms with Crippen LogP contribution in [-0.4, -0.2) is 28.5 Å². The summed E-state index contributed by atoms with van der Waals surface area (Å²) in [7, 11) is 0. The van der Waals surface area contributed by atoms with Crippen molar-refractivity contribution in [3.8, 4) is 5.75 Å². The molecule has 0 atom stereocenters. The SMILES string of the molecule is CCCCN(C(C)=O)C1CCC(c2ccc(O)cc2)CC1. The second-order valence-corrected chi connectivity index (χ2v) is 6.16. The Balaban J connectivity index is 1.92. The molecule has 1 aromatic rings. The largest absolute Gasteiger partial charge is 0.508 e. The molecule has 3 heteroatoms. The average molecular weight is 289 g/mol. The molecule has 2 rings (SSSR count). The van der Waals surface area contributed by atoms with Gasteiger partial charge in [0.2, 0.25) is 5.91 Å². The molecule has 0 saturated heterocycles. The highest BCUT2D eigenvalue weighted by atomic mass is 16.3. The molecule has 0 spiro atoms. The van der Waals surface area contributed by atoms with Gasteiger partial charge in [-0.15, -0.1) is 0 Å². The summed E-state index contributed by atoms with van der Waals surface area (Å²) in [4.78, 5) is 13.9. The van der Waals surface area contributed by atoms with Gasteiger partial charge in [-0.3, -0.25) is 4.79 Å². The van der Waals surface area contributed by atoms with Crippen LogP contribution in [-0.2, 0) is 4.79 Å². The Kier molecular flexibility index (Phi) is 5.66. The molecule has 1 fully saturated rings. The van der Waals surface area contributed by atoms with Crippen molar-refractivity contribution in [3.63, 3.8) is 0 Å². The van der Waals surface area contributed by atoms with Gasteiger partial charge < -0.3 is 10.0 Å². The van der Waals surface area contributed by atoms with Crippen LogP contribution < -0.4 is 0 Å². The maximum Gasteiger partial charge on any atom is 0.219 e. The number of hydrogen-bond acceptors (Lipinski definition) is 2.